The Morgan fingerprint density at radius 2 is 1.60 bits per heavy atom. The van der Waals surface area contributed by atoms with Gasteiger partial charge in [-0.1, -0.05) is 77.4 Å². The van der Waals surface area contributed by atoms with Gasteiger partial charge in [-0.15, -0.1) is 0 Å². The van der Waals surface area contributed by atoms with E-state index in [4.69, 9.17) is 4.74 Å². The Hall–Kier alpha value is -1.17. The molecular weight excluding hydrogens is 276 g/mol. The Morgan fingerprint density at radius 1 is 0.950 bits per heavy atom. The number of benzene rings is 2. The first-order chi connectivity index (χ1) is 9.84. The molecule has 0 saturated heterocycles. The Kier molecular flexibility index (Phi) is 6.77. The van der Waals surface area contributed by atoms with Crippen molar-refractivity contribution in [2.75, 3.05) is 6.61 Å². The zero-order valence-electron chi connectivity index (χ0n) is 12.3. The Labute approximate surface area is 127 Å². The number of hydrogen-bond acceptors (Lipinski definition) is 1. The van der Waals surface area contributed by atoms with Crippen molar-refractivity contribution in [3.8, 4) is 0 Å². The van der Waals surface area contributed by atoms with E-state index in [0.717, 1.165) is 18.4 Å². The lowest BCUT2D eigenvalue weighted by Crippen LogP contribution is -2.19. The van der Waals surface area contributed by atoms with Gasteiger partial charge < -0.3 is 4.74 Å². The van der Waals surface area contributed by atoms with Crippen molar-refractivity contribution in [2.45, 2.75) is 24.6 Å². The minimum atomic E-state index is -0.0658. The van der Waals surface area contributed by atoms with Crippen LogP contribution in [0.15, 0.2) is 60.7 Å². The Balaban J connectivity index is 1.57. The molecular formula is C17H24OSi2. The van der Waals surface area contributed by atoms with Gasteiger partial charge in [-0.05, 0) is 12.0 Å². The van der Waals surface area contributed by atoms with Crippen LogP contribution in [0.1, 0.15) is 18.4 Å². The molecule has 0 aromatic heterocycles. The largest absolute Gasteiger partial charge is 0.377 e. The molecule has 0 amide bonds. The summed E-state index contributed by atoms with van der Waals surface area (Å²) in [6.07, 6.45) is 2.56. The van der Waals surface area contributed by atoms with Crippen LogP contribution in [-0.2, 0) is 11.3 Å². The maximum absolute atomic E-state index is 5.75. The highest BCUT2D eigenvalue weighted by Gasteiger charge is 2.04. The first kappa shape index (κ1) is 15.2. The van der Waals surface area contributed by atoms with Crippen LogP contribution in [0.2, 0.25) is 5.16 Å². The molecule has 1 nitrogen and oxygen atoms in total. The lowest BCUT2D eigenvalue weighted by atomic mass is 10.2. The molecule has 2 rings (SSSR count). The van der Waals surface area contributed by atoms with Crippen molar-refractivity contribution in [3.63, 3.8) is 0 Å². The Morgan fingerprint density at radius 3 is 2.30 bits per heavy atom. The summed E-state index contributed by atoms with van der Waals surface area (Å²) in [6, 6.07) is 21.5. The molecule has 0 aliphatic heterocycles. The van der Waals surface area contributed by atoms with Crippen molar-refractivity contribution < 1.29 is 4.74 Å². The van der Waals surface area contributed by atoms with Gasteiger partial charge in [0.05, 0.1) is 16.1 Å². The summed E-state index contributed by atoms with van der Waals surface area (Å²) in [6.45, 7) is 1.65. The van der Waals surface area contributed by atoms with Crippen LogP contribution < -0.4 is 5.19 Å². The van der Waals surface area contributed by atoms with Crippen LogP contribution in [0.5, 0.6) is 0 Å². The predicted octanol–water partition coefficient (Wildman–Crippen LogP) is 1.59. The molecule has 2 aromatic carbocycles. The third-order valence-electron chi connectivity index (χ3n) is 3.52. The predicted molar refractivity (Wildman–Crippen MR) is 93.6 cm³/mol. The third-order valence-corrected chi connectivity index (χ3v) is 7.37. The van der Waals surface area contributed by atoms with Crippen molar-refractivity contribution in [1.82, 2.24) is 0 Å². The topological polar surface area (TPSA) is 9.23 Å². The molecule has 0 aliphatic carbocycles. The normalized spacial score (nSPS) is 13.0. The van der Waals surface area contributed by atoms with Gasteiger partial charge in [0.2, 0.25) is 0 Å². The van der Waals surface area contributed by atoms with Crippen molar-refractivity contribution >= 4 is 24.9 Å². The minimum absolute atomic E-state index is 0.0658. The van der Waals surface area contributed by atoms with Crippen LogP contribution in [0, 0.1) is 0 Å². The molecule has 3 heteroatoms. The average Bonchev–Trinajstić information content (AvgIpc) is 2.49. The number of hydrogen-bond donors (Lipinski definition) is 0. The molecule has 20 heavy (non-hydrogen) atoms. The maximum atomic E-state index is 5.75. The van der Waals surface area contributed by atoms with E-state index in [1.807, 2.05) is 6.07 Å². The second-order valence-electron chi connectivity index (χ2n) is 5.48. The zero-order chi connectivity index (χ0) is 14.0. The van der Waals surface area contributed by atoms with Crippen molar-refractivity contribution in [1.29, 1.82) is 0 Å². The van der Waals surface area contributed by atoms with Crippen LogP contribution in [0.3, 0.4) is 0 Å². The molecule has 1 unspecified atom stereocenters. The van der Waals surface area contributed by atoms with Crippen LogP contribution in [-0.4, -0.2) is 26.4 Å². The van der Waals surface area contributed by atoms with Gasteiger partial charge in [0.25, 0.3) is 0 Å². The first-order valence-electron chi connectivity index (χ1n) is 7.50. The standard InChI is InChI=1S/C17H24OSi2/c19-17(20-16-10-5-2-6-11-16)12-7-13-18-14-15-8-3-1-4-9-15/h1-6,8-11,17H,7,12-14,20H2,19H3. The second kappa shape index (κ2) is 8.90. The summed E-state index contributed by atoms with van der Waals surface area (Å²) in [4.78, 5) is 0. The van der Waals surface area contributed by atoms with Crippen LogP contribution >= 0.6 is 0 Å². The van der Waals surface area contributed by atoms with E-state index in [-0.39, 0.29) is 9.52 Å². The smallest absolute Gasteiger partial charge is 0.0716 e. The molecule has 106 valence electrons. The van der Waals surface area contributed by atoms with E-state index in [9.17, 15) is 0 Å². The molecule has 0 heterocycles. The summed E-state index contributed by atoms with van der Waals surface area (Å²) >= 11 is 0. The fourth-order valence-corrected chi connectivity index (χ4v) is 6.08. The summed E-state index contributed by atoms with van der Waals surface area (Å²) in [5, 5.41) is 2.61. The number of ether oxygens (including phenoxy) is 1. The molecule has 0 spiro atoms. The van der Waals surface area contributed by atoms with Gasteiger partial charge >= 0.3 is 0 Å². The van der Waals surface area contributed by atoms with Crippen molar-refractivity contribution in [2.24, 2.45) is 0 Å². The third kappa shape index (κ3) is 5.86. The second-order valence-corrected chi connectivity index (χ2v) is 11.4. The maximum Gasteiger partial charge on any atom is 0.0716 e. The van der Waals surface area contributed by atoms with E-state index >= 15 is 0 Å². The monoisotopic (exact) mass is 300 g/mol. The van der Waals surface area contributed by atoms with Crippen molar-refractivity contribution in [3.05, 3.63) is 66.2 Å². The van der Waals surface area contributed by atoms with E-state index in [1.165, 1.54) is 28.6 Å². The van der Waals surface area contributed by atoms with Crippen LogP contribution in [0.4, 0.5) is 0 Å². The minimum Gasteiger partial charge on any atom is -0.377 e. The van der Waals surface area contributed by atoms with E-state index in [1.54, 1.807) is 5.19 Å². The van der Waals surface area contributed by atoms with Gasteiger partial charge in [0, 0.05) is 16.8 Å². The quantitative estimate of drug-likeness (QED) is 0.531. The fourth-order valence-electron chi connectivity index (χ4n) is 2.42. The molecule has 0 fully saturated rings. The van der Waals surface area contributed by atoms with Gasteiger partial charge in [0.1, 0.15) is 0 Å². The molecule has 0 radical (unpaired) electrons. The molecule has 2 aromatic rings. The molecule has 0 bridgehead atoms. The fraction of sp³-hybridized carbons (Fsp3) is 0.294. The lowest BCUT2D eigenvalue weighted by molar-refractivity contribution is 0.117. The van der Waals surface area contributed by atoms with Gasteiger partial charge in [0.15, 0.2) is 0 Å². The summed E-state index contributed by atoms with van der Waals surface area (Å²) in [5.41, 5.74) is 1.27. The van der Waals surface area contributed by atoms with Gasteiger partial charge in [-0.3, -0.25) is 0 Å². The molecule has 0 saturated carbocycles. The number of rotatable bonds is 8. The van der Waals surface area contributed by atoms with E-state index < -0.39 is 0 Å². The zero-order valence-corrected chi connectivity index (χ0v) is 15.7. The summed E-state index contributed by atoms with van der Waals surface area (Å²) in [5.74, 6) is 0. The molecule has 1 atom stereocenters. The Bertz CT molecular complexity index is 473. The highest BCUT2D eigenvalue weighted by atomic mass is 28.2. The SMILES string of the molecule is [SiH3]C(CCCOCc1ccccc1)[SiH2]c1ccccc1. The average molecular weight is 301 g/mol. The first-order valence-corrected chi connectivity index (χ1v) is 10.2. The van der Waals surface area contributed by atoms with E-state index in [0.29, 0.717) is 0 Å². The lowest BCUT2D eigenvalue weighted by Gasteiger charge is -2.11. The van der Waals surface area contributed by atoms with Crippen LogP contribution in [0.25, 0.3) is 0 Å². The van der Waals surface area contributed by atoms with E-state index in [2.05, 4.69) is 54.6 Å². The van der Waals surface area contributed by atoms with Gasteiger partial charge in [-0.2, -0.15) is 0 Å². The highest BCUT2D eigenvalue weighted by Crippen LogP contribution is 2.08. The summed E-state index contributed by atoms with van der Waals surface area (Å²) in [7, 11) is 1.26. The molecule has 0 N–H and O–H groups in total. The van der Waals surface area contributed by atoms with Gasteiger partial charge in [-0.25, -0.2) is 0 Å². The summed E-state index contributed by atoms with van der Waals surface area (Å²) < 4.78 is 5.75. The molecule has 0 aliphatic rings. The highest BCUT2D eigenvalue weighted by molar-refractivity contribution is 6.62.